The predicted molar refractivity (Wildman–Crippen MR) is 132 cm³/mol. The van der Waals surface area contributed by atoms with Gasteiger partial charge in [-0.05, 0) is 43.7 Å². The van der Waals surface area contributed by atoms with Gasteiger partial charge in [0.05, 0.1) is 34.9 Å². The lowest BCUT2D eigenvalue weighted by atomic mass is 10.0. The van der Waals surface area contributed by atoms with Crippen LogP contribution in [0.1, 0.15) is 36.9 Å². The fourth-order valence-electron chi connectivity index (χ4n) is 4.85. The van der Waals surface area contributed by atoms with Crippen LogP contribution in [0, 0.1) is 5.82 Å². The second-order valence-electron chi connectivity index (χ2n) is 9.09. The Balaban J connectivity index is 1.41. The van der Waals surface area contributed by atoms with E-state index in [9.17, 15) is 13.6 Å². The number of hydrogen-bond acceptors (Lipinski definition) is 7. The van der Waals surface area contributed by atoms with E-state index in [2.05, 4.69) is 25.5 Å². The number of pyridine rings is 2. The normalized spacial score (nSPS) is 15.9. The number of hydrogen-bond donors (Lipinski definition) is 1. The van der Waals surface area contributed by atoms with E-state index < -0.39 is 18.1 Å². The van der Waals surface area contributed by atoms with Gasteiger partial charge in [-0.25, -0.2) is 9.18 Å². The molecule has 12 heteroatoms. The summed E-state index contributed by atoms with van der Waals surface area (Å²) in [6.45, 7) is 1.60. The molecule has 6 rings (SSSR count). The Morgan fingerprint density at radius 1 is 1.11 bits per heavy atom. The van der Waals surface area contributed by atoms with E-state index in [0.29, 0.717) is 40.0 Å². The number of rotatable bonds is 6. The van der Waals surface area contributed by atoms with Crippen molar-refractivity contribution in [2.75, 3.05) is 13.1 Å². The molecule has 1 N–H and O–H groups in total. The molecule has 4 aromatic heterocycles. The Labute approximate surface area is 214 Å². The van der Waals surface area contributed by atoms with Crippen molar-refractivity contribution in [1.29, 1.82) is 0 Å². The molecule has 1 unspecified atom stereocenters. The number of halogens is 3. The first-order valence-corrected chi connectivity index (χ1v) is 12.1. The first-order valence-electron chi connectivity index (χ1n) is 12.1. The number of piperidine rings is 1. The topological polar surface area (TPSA) is 104 Å². The summed E-state index contributed by atoms with van der Waals surface area (Å²) in [7, 11) is 0. The van der Waals surface area contributed by atoms with Crippen LogP contribution in [0.25, 0.3) is 33.6 Å². The molecule has 1 aromatic carbocycles. The van der Waals surface area contributed by atoms with Crippen molar-refractivity contribution in [2.45, 2.75) is 31.9 Å². The number of aromatic nitrogens is 6. The molecular formula is C26H22F3N7O2. The summed E-state index contributed by atoms with van der Waals surface area (Å²) in [5, 5.41) is 10.3. The van der Waals surface area contributed by atoms with Gasteiger partial charge >= 0.3 is 12.1 Å². The molecule has 0 aliphatic carbocycles. The molecular weight excluding hydrogens is 499 g/mol. The van der Waals surface area contributed by atoms with Gasteiger partial charge in [0.2, 0.25) is 5.89 Å². The van der Waals surface area contributed by atoms with E-state index in [0.717, 1.165) is 19.4 Å². The minimum Gasteiger partial charge on any atom is -0.415 e. The van der Waals surface area contributed by atoms with Gasteiger partial charge in [0.1, 0.15) is 5.82 Å². The van der Waals surface area contributed by atoms with Gasteiger partial charge in [-0.2, -0.15) is 8.78 Å². The fourth-order valence-corrected chi connectivity index (χ4v) is 4.85. The molecule has 1 saturated heterocycles. The second kappa shape index (κ2) is 9.86. The van der Waals surface area contributed by atoms with E-state index in [1.54, 1.807) is 47.3 Å². The molecule has 5 aromatic rings. The largest absolute Gasteiger partial charge is 0.415 e. The SMILES string of the molecule is O=c1n(Cc2ccc(-c3nnc(C(F)F)o3)cn2)c2cc(F)c(-c3cccnc3)cc2n1C1CCCNC1. The lowest BCUT2D eigenvalue weighted by Crippen LogP contribution is -2.37. The van der Waals surface area contributed by atoms with Crippen molar-refractivity contribution >= 4 is 11.0 Å². The Kier molecular flexibility index (Phi) is 6.24. The molecule has 9 nitrogen and oxygen atoms in total. The van der Waals surface area contributed by atoms with Crippen LogP contribution in [0.5, 0.6) is 0 Å². The smallest absolute Gasteiger partial charge is 0.329 e. The molecule has 5 heterocycles. The zero-order valence-electron chi connectivity index (χ0n) is 20.0. The molecule has 0 amide bonds. The summed E-state index contributed by atoms with van der Waals surface area (Å²) in [5.41, 5.74) is 2.69. The standard InChI is InChI=1S/C26H22F3N7O2/c27-20-10-21-22(9-19(20)15-3-1-7-30-11-15)36(18-4-2-8-31-13-18)26(37)35(21)14-17-6-5-16(12-32-17)24-33-34-25(38-24)23(28)29/h1,3,5-7,9-12,18,23,31H,2,4,8,13-14H2. The van der Waals surface area contributed by atoms with Crippen molar-refractivity contribution in [3.63, 3.8) is 0 Å². The van der Waals surface area contributed by atoms with Gasteiger partial charge in [0.15, 0.2) is 0 Å². The van der Waals surface area contributed by atoms with Gasteiger partial charge in [-0.1, -0.05) is 6.07 Å². The van der Waals surface area contributed by atoms with Crippen LogP contribution in [0.2, 0.25) is 0 Å². The maximum Gasteiger partial charge on any atom is 0.329 e. The third kappa shape index (κ3) is 4.36. The summed E-state index contributed by atoms with van der Waals surface area (Å²) in [6.07, 6.45) is 3.50. The molecule has 1 aliphatic rings. The number of benzene rings is 1. The minimum absolute atomic E-state index is 0.0795. The van der Waals surface area contributed by atoms with E-state index >= 15 is 4.39 Å². The first-order chi connectivity index (χ1) is 18.5. The van der Waals surface area contributed by atoms with Crippen molar-refractivity contribution in [3.05, 3.63) is 82.9 Å². The average Bonchev–Trinajstić information content (AvgIpc) is 3.54. The van der Waals surface area contributed by atoms with Gasteiger partial charge in [0.25, 0.3) is 5.89 Å². The summed E-state index contributed by atoms with van der Waals surface area (Å²) in [4.78, 5) is 22.2. The number of fused-ring (bicyclic) bond motifs is 1. The van der Waals surface area contributed by atoms with E-state index in [1.807, 2.05) is 0 Å². The van der Waals surface area contributed by atoms with Gasteiger partial charge in [-0.15, -0.1) is 10.2 Å². The third-order valence-corrected chi connectivity index (χ3v) is 6.68. The molecule has 194 valence electrons. The lowest BCUT2D eigenvalue weighted by molar-refractivity contribution is 0.116. The Bertz CT molecular complexity index is 1640. The van der Waals surface area contributed by atoms with Crippen LogP contribution in [0.4, 0.5) is 13.2 Å². The molecule has 38 heavy (non-hydrogen) atoms. The highest BCUT2D eigenvalue weighted by Gasteiger charge is 2.24. The number of imidazole rings is 1. The van der Waals surface area contributed by atoms with Crippen molar-refractivity contribution < 1.29 is 17.6 Å². The summed E-state index contributed by atoms with van der Waals surface area (Å²) >= 11 is 0. The lowest BCUT2D eigenvalue weighted by Gasteiger charge is -2.24. The minimum atomic E-state index is -2.87. The van der Waals surface area contributed by atoms with Gasteiger partial charge in [-0.3, -0.25) is 19.1 Å². The predicted octanol–water partition coefficient (Wildman–Crippen LogP) is 4.36. The monoisotopic (exact) mass is 521 g/mol. The van der Waals surface area contributed by atoms with Crippen LogP contribution >= 0.6 is 0 Å². The number of nitrogens with zero attached hydrogens (tertiary/aromatic N) is 6. The van der Waals surface area contributed by atoms with Crippen LogP contribution in [0.15, 0.2) is 64.2 Å². The van der Waals surface area contributed by atoms with E-state index in [-0.39, 0.29) is 24.2 Å². The van der Waals surface area contributed by atoms with Crippen LogP contribution in [-0.4, -0.2) is 42.4 Å². The molecule has 0 radical (unpaired) electrons. The fraction of sp³-hybridized carbons (Fsp3) is 0.269. The van der Waals surface area contributed by atoms with E-state index in [1.165, 1.54) is 16.8 Å². The number of alkyl halides is 2. The maximum absolute atomic E-state index is 15.3. The van der Waals surface area contributed by atoms with Crippen LogP contribution in [0.3, 0.4) is 0 Å². The summed E-state index contributed by atoms with van der Waals surface area (Å²) in [5.74, 6) is -1.32. The number of nitrogens with one attached hydrogen (secondary N) is 1. The average molecular weight is 522 g/mol. The zero-order valence-corrected chi connectivity index (χ0v) is 20.0. The van der Waals surface area contributed by atoms with Crippen molar-refractivity contribution in [2.24, 2.45) is 0 Å². The van der Waals surface area contributed by atoms with Crippen molar-refractivity contribution in [1.82, 2.24) is 34.6 Å². The van der Waals surface area contributed by atoms with Gasteiger partial charge in [0, 0.05) is 42.3 Å². The van der Waals surface area contributed by atoms with Gasteiger partial charge < -0.3 is 9.73 Å². The quantitative estimate of drug-likeness (QED) is 0.354. The Morgan fingerprint density at radius 2 is 2.00 bits per heavy atom. The first kappa shape index (κ1) is 24.0. The second-order valence-corrected chi connectivity index (χ2v) is 9.09. The molecule has 0 saturated carbocycles. The maximum atomic E-state index is 15.3. The third-order valence-electron chi connectivity index (χ3n) is 6.68. The zero-order chi connectivity index (χ0) is 26.2. The Hall–Kier alpha value is -4.32. The molecule has 0 bridgehead atoms. The van der Waals surface area contributed by atoms with Crippen LogP contribution in [-0.2, 0) is 6.54 Å². The molecule has 1 aliphatic heterocycles. The highest BCUT2D eigenvalue weighted by atomic mass is 19.3. The Morgan fingerprint density at radius 3 is 2.68 bits per heavy atom. The highest BCUT2D eigenvalue weighted by Crippen LogP contribution is 2.30. The van der Waals surface area contributed by atoms with E-state index in [4.69, 9.17) is 4.42 Å². The molecule has 0 spiro atoms. The molecule has 1 atom stereocenters. The summed E-state index contributed by atoms with van der Waals surface area (Å²) in [6, 6.07) is 9.76. The highest BCUT2D eigenvalue weighted by molar-refractivity contribution is 5.83. The van der Waals surface area contributed by atoms with Crippen LogP contribution < -0.4 is 11.0 Å². The van der Waals surface area contributed by atoms with Crippen molar-refractivity contribution in [3.8, 4) is 22.6 Å². The summed E-state index contributed by atoms with van der Waals surface area (Å²) < 4.78 is 49.1. The molecule has 1 fully saturated rings.